The molecule has 0 radical (unpaired) electrons. The SMILES string of the molecule is CC12CC=CC3=C1B1c4c(cccc4S2)Oc2c(F)c(F)c(F)c(c21)O3. The topological polar surface area (TPSA) is 18.5 Å². The van der Waals surface area contributed by atoms with E-state index in [1.54, 1.807) is 23.9 Å². The minimum absolute atomic E-state index is 0.252. The fourth-order valence-corrected chi connectivity index (χ4v) is 5.93. The fraction of sp³-hybridized carbons (Fsp3) is 0.158. The van der Waals surface area contributed by atoms with Gasteiger partial charge in [0.2, 0.25) is 17.5 Å². The molecule has 1 aliphatic carbocycles. The number of halogens is 3. The van der Waals surface area contributed by atoms with E-state index in [-0.39, 0.29) is 21.7 Å². The number of benzene rings is 2. The molecular formula is C19H10BF3O2S. The summed E-state index contributed by atoms with van der Waals surface area (Å²) in [5.74, 6) is -3.74. The maximum Gasteiger partial charge on any atom is 0.259 e. The Labute approximate surface area is 151 Å². The number of thioether (sulfide) groups is 1. The highest BCUT2D eigenvalue weighted by Crippen LogP contribution is 2.53. The third-order valence-corrected chi connectivity index (χ3v) is 6.95. The smallest absolute Gasteiger partial charge is 0.259 e. The number of ether oxygens (including phenoxy) is 2. The minimum atomic E-state index is -1.57. The molecule has 0 aromatic heterocycles. The van der Waals surface area contributed by atoms with Crippen LogP contribution in [0.25, 0.3) is 0 Å². The molecule has 4 aliphatic rings. The van der Waals surface area contributed by atoms with Gasteiger partial charge in [-0.1, -0.05) is 12.1 Å². The van der Waals surface area contributed by atoms with Crippen molar-refractivity contribution in [3.05, 3.63) is 59.0 Å². The van der Waals surface area contributed by atoms with Crippen LogP contribution < -0.4 is 20.4 Å². The van der Waals surface area contributed by atoms with Gasteiger partial charge in [-0.05, 0) is 42.5 Å². The van der Waals surface area contributed by atoms with E-state index in [4.69, 9.17) is 9.47 Å². The Morgan fingerprint density at radius 1 is 1.04 bits per heavy atom. The second kappa shape index (κ2) is 4.52. The molecule has 6 rings (SSSR count). The first-order valence-electron chi connectivity index (χ1n) is 8.29. The highest BCUT2D eigenvalue weighted by molar-refractivity contribution is 8.01. The van der Waals surface area contributed by atoms with Crippen LogP contribution in [0, 0.1) is 17.5 Å². The number of rotatable bonds is 0. The molecule has 26 heavy (non-hydrogen) atoms. The molecule has 0 saturated heterocycles. The van der Waals surface area contributed by atoms with Gasteiger partial charge in [0, 0.05) is 15.1 Å². The standard InChI is InChI=1S/C19H10BF3O2S/c1-19-7-3-5-9-18(19)20-11-8(4-2-6-10(11)26-19)24-16-12(20)17(25-9)15(23)13(21)14(16)22/h2-6H,7H2,1H3. The van der Waals surface area contributed by atoms with Crippen LogP contribution in [-0.4, -0.2) is 11.5 Å². The van der Waals surface area contributed by atoms with Gasteiger partial charge >= 0.3 is 0 Å². The summed E-state index contributed by atoms with van der Waals surface area (Å²) in [7, 11) is 0. The number of hydrogen-bond acceptors (Lipinski definition) is 3. The Balaban J connectivity index is 1.80. The lowest BCUT2D eigenvalue weighted by molar-refractivity contribution is 0.353. The minimum Gasteiger partial charge on any atom is -0.455 e. The first kappa shape index (κ1) is 14.8. The highest BCUT2D eigenvalue weighted by Gasteiger charge is 2.54. The van der Waals surface area contributed by atoms with Crippen LogP contribution >= 0.6 is 11.8 Å². The van der Waals surface area contributed by atoms with Gasteiger partial charge in [0.1, 0.15) is 11.5 Å². The lowest BCUT2D eigenvalue weighted by Crippen LogP contribution is -2.59. The van der Waals surface area contributed by atoms with E-state index in [0.29, 0.717) is 11.5 Å². The first-order valence-corrected chi connectivity index (χ1v) is 9.10. The predicted molar refractivity (Wildman–Crippen MR) is 93.5 cm³/mol. The lowest BCUT2D eigenvalue weighted by atomic mass is 9.32. The predicted octanol–water partition coefficient (Wildman–Crippen LogP) is 3.83. The van der Waals surface area contributed by atoms with Crippen molar-refractivity contribution in [1.29, 1.82) is 0 Å². The Morgan fingerprint density at radius 3 is 2.62 bits per heavy atom. The molecule has 128 valence electrons. The van der Waals surface area contributed by atoms with Gasteiger partial charge in [0.25, 0.3) is 6.71 Å². The molecule has 0 N–H and O–H groups in total. The zero-order valence-electron chi connectivity index (χ0n) is 13.5. The molecule has 3 aliphatic heterocycles. The molecule has 1 unspecified atom stereocenters. The molecule has 1 atom stereocenters. The Bertz CT molecular complexity index is 1110. The third kappa shape index (κ3) is 1.54. The van der Waals surface area contributed by atoms with Crippen LogP contribution in [-0.2, 0) is 0 Å². The average molecular weight is 370 g/mol. The molecule has 2 aromatic rings. The van der Waals surface area contributed by atoms with Crippen LogP contribution in [0.2, 0.25) is 0 Å². The van der Waals surface area contributed by atoms with Crippen molar-refractivity contribution in [1.82, 2.24) is 0 Å². The van der Waals surface area contributed by atoms with Crippen molar-refractivity contribution in [2.45, 2.75) is 23.0 Å². The summed E-state index contributed by atoms with van der Waals surface area (Å²) in [6, 6.07) is 5.56. The third-order valence-electron chi connectivity index (χ3n) is 5.54. The van der Waals surface area contributed by atoms with Gasteiger partial charge in [-0.25, -0.2) is 4.39 Å². The van der Waals surface area contributed by atoms with Crippen molar-refractivity contribution in [2.75, 3.05) is 0 Å². The summed E-state index contributed by atoms with van der Waals surface area (Å²) in [5, 5.41) is 0. The van der Waals surface area contributed by atoms with Gasteiger partial charge < -0.3 is 9.47 Å². The van der Waals surface area contributed by atoms with Crippen molar-refractivity contribution < 1.29 is 22.6 Å². The van der Waals surface area contributed by atoms with E-state index in [1.807, 2.05) is 18.2 Å². The molecule has 2 aromatic carbocycles. The molecule has 2 nitrogen and oxygen atoms in total. The van der Waals surface area contributed by atoms with Crippen LogP contribution in [0.1, 0.15) is 13.3 Å². The van der Waals surface area contributed by atoms with Gasteiger partial charge in [0.15, 0.2) is 11.5 Å². The van der Waals surface area contributed by atoms with E-state index in [9.17, 15) is 13.2 Å². The van der Waals surface area contributed by atoms with E-state index < -0.39 is 24.2 Å². The van der Waals surface area contributed by atoms with Gasteiger partial charge in [0.05, 0.1) is 0 Å². The zero-order valence-corrected chi connectivity index (χ0v) is 14.3. The van der Waals surface area contributed by atoms with Gasteiger partial charge in [-0.2, -0.15) is 8.78 Å². The normalized spacial score (nSPS) is 23.5. The average Bonchev–Trinajstić information content (AvgIpc) is 2.63. The monoisotopic (exact) mass is 370 g/mol. The second-order valence-corrected chi connectivity index (χ2v) is 8.58. The lowest BCUT2D eigenvalue weighted by Gasteiger charge is -2.47. The Morgan fingerprint density at radius 2 is 1.81 bits per heavy atom. The summed E-state index contributed by atoms with van der Waals surface area (Å²) in [6.07, 6.45) is 4.55. The number of allylic oxidation sites excluding steroid dienone is 2. The largest absolute Gasteiger partial charge is 0.455 e. The van der Waals surface area contributed by atoms with Crippen LogP contribution in [0.15, 0.2) is 46.5 Å². The maximum absolute atomic E-state index is 14.6. The molecule has 0 spiro atoms. The highest BCUT2D eigenvalue weighted by atomic mass is 32.2. The fourth-order valence-electron chi connectivity index (χ4n) is 4.46. The summed E-state index contributed by atoms with van der Waals surface area (Å²) < 4.78 is 54.4. The van der Waals surface area contributed by atoms with E-state index in [0.717, 1.165) is 22.3 Å². The summed E-state index contributed by atoms with van der Waals surface area (Å²) in [4.78, 5) is 1.01. The van der Waals surface area contributed by atoms with E-state index in [2.05, 4.69) is 6.92 Å². The van der Waals surface area contributed by atoms with E-state index >= 15 is 0 Å². The maximum atomic E-state index is 14.6. The molecule has 0 saturated carbocycles. The molecular weight excluding hydrogens is 360 g/mol. The van der Waals surface area contributed by atoms with Crippen molar-refractivity contribution in [3.63, 3.8) is 0 Å². The molecule has 7 heteroatoms. The summed E-state index contributed by atoms with van der Waals surface area (Å²) >= 11 is 1.70. The van der Waals surface area contributed by atoms with Crippen molar-refractivity contribution >= 4 is 29.4 Å². The van der Waals surface area contributed by atoms with Crippen LogP contribution in [0.3, 0.4) is 0 Å². The molecule has 3 heterocycles. The van der Waals surface area contributed by atoms with Gasteiger partial charge in [-0.3, -0.25) is 0 Å². The Hall–Kier alpha value is -2.28. The molecule has 0 amide bonds. The summed E-state index contributed by atoms with van der Waals surface area (Å²) in [6.45, 7) is 1.70. The number of hydrogen-bond donors (Lipinski definition) is 0. The zero-order chi connectivity index (χ0) is 17.8. The quantitative estimate of drug-likeness (QED) is 0.519. The summed E-state index contributed by atoms with van der Waals surface area (Å²) in [5.41, 5.74) is 2.09. The first-order chi connectivity index (χ1) is 12.5. The molecule has 0 bridgehead atoms. The van der Waals surface area contributed by atoms with Gasteiger partial charge in [-0.15, -0.1) is 11.8 Å². The van der Waals surface area contributed by atoms with Crippen molar-refractivity contribution in [3.8, 4) is 17.2 Å². The Kier molecular flexibility index (Phi) is 2.58. The second-order valence-electron chi connectivity index (χ2n) is 7.04. The molecule has 0 fully saturated rings. The van der Waals surface area contributed by atoms with E-state index in [1.165, 1.54) is 0 Å². The van der Waals surface area contributed by atoms with Crippen molar-refractivity contribution in [2.24, 2.45) is 0 Å². The van der Waals surface area contributed by atoms with Crippen LogP contribution in [0.5, 0.6) is 17.2 Å². The van der Waals surface area contributed by atoms with Crippen LogP contribution in [0.4, 0.5) is 13.2 Å².